The Bertz CT molecular complexity index is 894. The monoisotopic (exact) mass is 740 g/mol. The van der Waals surface area contributed by atoms with Gasteiger partial charge >= 0.3 is 0 Å². The average molecular weight is 743 g/mol. The van der Waals surface area contributed by atoms with Gasteiger partial charge in [0.05, 0.1) is 11.9 Å². The summed E-state index contributed by atoms with van der Waals surface area (Å²) in [5.41, 5.74) is 0. The molecule has 0 rings (SSSR count). The van der Waals surface area contributed by atoms with E-state index in [1.54, 1.807) is 0 Å². The predicted octanol–water partition coefficient (Wildman–Crippen LogP) is 0.260. The molecule has 43 heavy (non-hydrogen) atoms. The summed E-state index contributed by atoms with van der Waals surface area (Å²) in [6.45, 7) is 1.80. The van der Waals surface area contributed by atoms with Gasteiger partial charge < -0.3 is 36.2 Å². The van der Waals surface area contributed by atoms with Gasteiger partial charge in [-0.1, -0.05) is 41.6 Å². The second-order valence-corrected chi connectivity index (χ2v) is 10.9. The number of carbonyl (C=O) groups is 7. The summed E-state index contributed by atoms with van der Waals surface area (Å²) in [5.74, 6) is -2.37. The van der Waals surface area contributed by atoms with Crippen LogP contribution in [0.25, 0.3) is 0 Å². The summed E-state index contributed by atoms with van der Waals surface area (Å²) in [4.78, 5) is 84.2. The number of hydrogen-bond acceptors (Lipinski definition) is 8. The number of hydrogen-bond donors (Lipinski definition) is 5. The molecule has 16 heteroatoms. The number of unbranched alkanes of at least 4 members (excludes halogenated alkanes) is 6. The van der Waals surface area contributed by atoms with Gasteiger partial charge in [-0.25, -0.2) is 0 Å². The second-order valence-electron chi connectivity index (χ2n) is 9.63. The number of carbonyl (C=O) groups excluding carboxylic acids is 7. The quantitative estimate of drug-likeness (QED) is 0.0361. The van der Waals surface area contributed by atoms with Crippen LogP contribution in [-0.2, 0) is 38.3 Å². The van der Waals surface area contributed by atoms with Crippen LogP contribution in [0.1, 0.15) is 64.2 Å². The molecular weight excluding hydrogens is 696 g/mol. The first kappa shape index (κ1) is 40.4. The maximum atomic E-state index is 12.8. The highest BCUT2D eigenvalue weighted by Crippen LogP contribution is 2.02. The highest BCUT2D eigenvalue weighted by atomic mass is 79.9. The van der Waals surface area contributed by atoms with E-state index in [0.29, 0.717) is 52.2 Å². The van der Waals surface area contributed by atoms with E-state index in [9.17, 15) is 33.6 Å². The van der Waals surface area contributed by atoms with Crippen molar-refractivity contribution in [2.24, 2.45) is 0 Å². The number of ether oxygens (including phenoxy) is 1. The van der Waals surface area contributed by atoms with E-state index < -0.39 is 28.3 Å². The number of nitrogens with zero attached hydrogens (tertiary/aromatic N) is 1. The Morgan fingerprint density at radius 2 is 1.02 bits per heavy atom. The molecule has 0 unspecified atom stereocenters. The number of halogens is 2. The van der Waals surface area contributed by atoms with E-state index in [2.05, 4.69) is 58.4 Å². The second kappa shape index (κ2) is 27.0. The molecule has 0 radical (unpaired) electrons. The van der Waals surface area contributed by atoms with Crippen LogP contribution in [0.3, 0.4) is 0 Å². The Hall–Kier alpha value is -2.59. The van der Waals surface area contributed by atoms with Gasteiger partial charge in [0.2, 0.25) is 29.5 Å². The van der Waals surface area contributed by atoms with Gasteiger partial charge in [-0.15, -0.1) is 0 Å². The molecule has 0 aliphatic carbocycles. The van der Waals surface area contributed by atoms with Gasteiger partial charge in [0, 0.05) is 68.6 Å². The minimum absolute atomic E-state index is 0.0588. The van der Waals surface area contributed by atoms with Crippen molar-refractivity contribution in [3.8, 4) is 0 Å². The highest BCUT2D eigenvalue weighted by Gasteiger charge is 2.21. The van der Waals surface area contributed by atoms with Crippen LogP contribution in [0.15, 0.2) is 0 Å². The molecule has 246 valence electrons. The van der Waals surface area contributed by atoms with Crippen LogP contribution in [-0.4, -0.2) is 110 Å². The summed E-state index contributed by atoms with van der Waals surface area (Å²) in [6.07, 6.45) is 6.02. The van der Waals surface area contributed by atoms with Crippen LogP contribution in [0.5, 0.6) is 0 Å². The fourth-order valence-electron chi connectivity index (χ4n) is 3.66. The third-order valence-electron chi connectivity index (χ3n) is 5.97. The van der Waals surface area contributed by atoms with Crippen molar-refractivity contribution < 1.29 is 38.3 Å². The molecule has 14 nitrogen and oxygen atoms in total. The Balaban J connectivity index is 4.54. The van der Waals surface area contributed by atoms with Crippen molar-refractivity contribution in [1.82, 2.24) is 31.5 Å². The van der Waals surface area contributed by atoms with Crippen LogP contribution in [0.4, 0.5) is 0 Å². The smallest absolute Gasteiger partial charge is 0.299 e. The zero-order valence-electron chi connectivity index (χ0n) is 24.9. The lowest BCUT2D eigenvalue weighted by Crippen LogP contribution is -2.46. The zero-order valence-corrected chi connectivity index (χ0v) is 28.1. The summed E-state index contributed by atoms with van der Waals surface area (Å²) < 4.78 is 4.16. The fourth-order valence-corrected chi connectivity index (χ4v) is 4.00. The van der Waals surface area contributed by atoms with E-state index in [4.69, 9.17) is 4.74 Å². The van der Waals surface area contributed by atoms with E-state index in [-0.39, 0.29) is 43.1 Å². The van der Waals surface area contributed by atoms with Gasteiger partial charge in [0.15, 0.2) is 0 Å². The first-order chi connectivity index (χ1) is 20.6. The van der Waals surface area contributed by atoms with E-state index >= 15 is 0 Å². The third kappa shape index (κ3) is 24.5. The minimum Gasteiger partial charge on any atom is -0.383 e. The first-order valence-corrected chi connectivity index (χ1v) is 16.4. The van der Waals surface area contributed by atoms with Crippen LogP contribution in [0.2, 0.25) is 0 Å². The summed E-state index contributed by atoms with van der Waals surface area (Å²) in [5, 5.41) is 13.7. The third-order valence-corrected chi connectivity index (χ3v) is 6.84. The van der Waals surface area contributed by atoms with Gasteiger partial charge in [-0.2, -0.15) is 0 Å². The topological polar surface area (TPSA) is 192 Å². The van der Waals surface area contributed by atoms with Crippen molar-refractivity contribution in [2.75, 3.05) is 64.9 Å². The number of nitrogens with one attached hydrogen (secondary N) is 5. The fraction of sp³-hybridized carbons (Fsp3) is 0.741. The maximum absolute atomic E-state index is 12.8. The van der Waals surface area contributed by atoms with Crippen LogP contribution >= 0.6 is 31.9 Å². The molecule has 0 aromatic carbocycles. The standard InChI is InChI=1S/C27H46Br2N6O8/c1-43-17-16-33-21(36)10-11-25(40)35(19-23(38)31-13-7-3-2-6-12-30-22(37)18-28)20-24(39)32-14-8-4-5-9-15-34-27(42)26(29)41/h2-20H2,1H3,(H,30,37)(H,31,38)(H,32,39)(H,33,36)(H,34,42). The van der Waals surface area contributed by atoms with Crippen molar-refractivity contribution in [3.63, 3.8) is 0 Å². The minimum atomic E-state index is -0.716. The lowest BCUT2D eigenvalue weighted by Gasteiger charge is -2.22. The Morgan fingerprint density at radius 1 is 0.581 bits per heavy atom. The molecular formula is C27H46Br2N6O8. The van der Waals surface area contributed by atoms with E-state index in [1.807, 2.05) is 0 Å². The summed E-state index contributed by atoms with van der Waals surface area (Å²) in [6, 6.07) is 0. The molecule has 0 bridgehead atoms. The molecule has 5 N–H and O–H groups in total. The number of methoxy groups -OCH3 is 1. The van der Waals surface area contributed by atoms with E-state index in [1.165, 1.54) is 7.11 Å². The molecule has 6 amide bonds. The molecule has 0 saturated carbocycles. The molecule has 0 aromatic rings. The normalized spacial score (nSPS) is 10.4. The Morgan fingerprint density at radius 3 is 1.47 bits per heavy atom. The average Bonchev–Trinajstić information content (AvgIpc) is 2.97. The predicted molar refractivity (Wildman–Crippen MR) is 167 cm³/mol. The van der Waals surface area contributed by atoms with Crippen molar-refractivity contribution in [2.45, 2.75) is 64.2 Å². The van der Waals surface area contributed by atoms with Crippen molar-refractivity contribution in [3.05, 3.63) is 0 Å². The zero-order chi connectivity index (χ0) is 32.3. The molecule has 0 aliphatic heterocycles. The molecule has 0 fully saturated rings. The van der Waals surface area contributed by atoms with Crippen LogP contribution < -0.4 is 26.6 Å². The number of rotatable bonds is 26. The summed E-state index contributed by atoms with van der Waals surface area (Å²) in [7, 11) is 1.51. The number of alkyl halides is 1. The summed E-state index contributed by atoms with van der Waals surface area (Å²) >= 11 is 5.67. The Kier molecular flexibility index (Phi) is 25.4. The van der Waals surface area contributed by atoms with Gasteiger partial charge in [-0.05, 0) is 25.7 Å². The van der Waals surface area contributed by atoms with Crippen molar-refractivity contribution in [1.29, 1.82) is 0 Å². The lowest BCUT2D eigenvalue weighted by atomic mass is 10.2. The molecule has 0 aromatic heterocycles. The van der Waals surface area contributed by atoms with Crippen molar-refractivity contribution >= 4 is 72.0 Å². The van der Waals surface area contributed by atoms with Gasteiger partial charge in [-0.3, -0.25) is 33.6 Å². The van der Waals surface area contributed by atoms with Gasteiger partial charge in [0.1, 0.15) is 13.1 Å². The molecule has 0 atom stereocenters. The first-order valence-electron chi connectivity index (χ1n) is 14.5. The largest absolute Gasteiger partial charge is 0.383 e. The molecule has 0 spiro atoms. The van der Waals surface area contributed by atoms with E-state index in [0.717, 1.165) is 43.4 Å². The Labute approximate surface area is 270 Å². The number of amides is 6. The van der Waals surface area contributed by atoms with Gasteiger partial charge in [0.25, 0.3) is 10.6 Å². The lowest BCUT2D eigenvalue weighted by molar-refractivity contribution is -0.140. The molecule has 0 saturated heterocycles. The SMILES string of the molecule is COCCNC(=O)CCC(=O)N(CC(=O)NCCCCCCNC(=O)CBr)CC(=O)NCCCCCCNC(=O)C(=O)Br. The maximum Gasteiger partial charge on any atom is 0.299 e. The van der Waals surface area contributed by atoms with Crippen LogP contribution in [0, 0.1) is 0 Å². The molecule has 0 heterocycles. The highest BCUT2D eigenvalue weighted by molar-refractivity contribution is 9.19. The molecule has 0 aliphatic rings.